The highest BCUT2D eigenvalue weighted by atomic mass is 32.1. The van der Waals surface area contributed by atoms with Gasteiger partial charge in [0.25, 0.3) is 5.91 Å². The Balaban J connectivity index is 1.64. The van der Waals surface area contributed by atoms with Crippen molar-refractivity contribution in [1.82, 2.24) is 14.9 Å². The van der Waals surface area contributed by atoms with Gasteiger partial charge in [0.2, 0.25) is 0 Å². The van der Waals surface area contributed by atoms with Crippen molar-refractivity contribution in [2.24, 2.45) is 0 Å². The molecule has 7 heteroatoms. The zero-order chi connectivity index (χ0) is 22.5. The number of imidazole rings is 1. The van der Waals surface area contributed by atoms with Gasteiger partial charge in [0.15, 0.2) is 0 Å². The molecule has 2 heterocycles. The molecular weight excluding hydrogens is 422 g/mol. The van der Waals surface area contributed by atoms with E-state index in [1.165, 1.54) is 37.0 Å². The molecule has 1 atom stereocenters. The highest BCUT2D eigenvalue weighted by Gasteiger charge is 2.23. The second-order valence-electron chi connectivity index (χ2n) is 8.71. The molecule has 0 aliphatic heterocycles. The molecule has 1 aliphatic carbocycles. The van der Waals surface area contributed by atoms with Gasteiger partial charge in [0.05, 0.1) is 17.5 Å². The molecule has 1 unspecified atom stereocenters. The number of rotatable bonds is 9. The quantitative estimate of drug-likeness (QED) is 0.444. The van der Waals surface area contributed by atoms with Gasteiger partial charge in [0, 0.05) is 28.9 Å². The minimum atomic E-state index is -0.899. The Hall–Kier alpha value is -2.67. The molecule has 1 saturated carbocycles. The number of carbonyl (C=O) groups excluding carboxylic acids is 1. The lowest BCUT2D eigenvalue weighted by Gasteiger charge is -2.25. The molecule has 3 aromatic rings. The standard InChI is InChI=1S/C25H31N3O3S/c1-2-7-18(15-24(29)30)26-25(31)17-11-12-22-21(14-17)27-23(16-20-10-6-13-32-20)28(22)19-8-4-3-5-9-19/h6,10-14,18-19H,2-5,7-9,15-16H2,1H3,(H,26,31)(H,29,30). The molecule has 0 spiro atoms. The second-order valence-corrected chi connectivity index (χ2v) is 9.74. The van der Waals surface area contributed by atoms with E-state index in [4.69, 9.17) is 10.1 Å². The average Bonchev–Trinajstić information content (AvgIpc) is 3.41. The van der Waals surface area contributed by atoms with Crippen molar-refractivity contribution in [3.63, 3.8) is 0 Å². The lowest BCUT2D eigenvalue weighted by molar-refractivity contribution is -0.137. The van der Waals surface area contributed by atoms with E-state index >= 15 is 0 Å². The van der Waals surface area contributed by atoms with E-state index < -0.39 is 5.97 Å². The van der Waals surface area contributed by atoms with E-state index in [1.54, 1.807) is 11.3 Å². The van der Waals surface area contributed by atoms with Gasteiger partial charge in [-0.15, -0.1) is 11.3 Å². The minimum absolute atomic E-state index is 0.0664. The molecule has 1 aliphatic rings. The van der Waals surface area contributed by atoms with E-state index in [-0.39, 0.29) is 18.4 Å². The van der Waals surface area contributed by atoms with Crippen LogP contribution in [-0.2, 0) is 11.2 Å². The summed E-state index contributed by atoms with van der Waals surface area (Å²) in [5, 5.41) is 14.1. The normalized spacial score (nSPS) is 15.7. The lowest BCUT2D eigenvalue weighted by Crippen LogP contribution is -2.36. The van der Waals surface area contributed by atoms with Gasteiger partial charge in [-0.3, -0.25) is 9.59 Å². The summed E-state index contributed by atoms with van der Waals surface area (Å²) in [6, 6.07) is 10.0. The van der Waals surface area contributed by atoms with Crippen molar-refractivity contribution in [3.8, 4) is 0 Å². The van der Waals surface area contributed by atoms with Gasteiger partial charge in [-0.2, -0.15) is 0 Å². The van der Waals surface area contributed by atoms with Crippen molar-refractivity contribution < 1.29 is 14.7 Å². The van der Waals surface area contributed by atoms with Crippen LogP contribution in [0.2, 0.25) is 0 Å². The Bertz CT molecular complexity index is 1070. The molecule has 0 radical (unpaired) electrons. The molecular formula is C25H31N3O3S. The highest BCUT2D eigenvalue weighted by Crippen LogP contribution is 2.33. The second kappa shape index (κ2) is 10.3. The lowest BCUT2D eigenvalue weighted by atomic mass is 9.95. The van der Waals surface area contributed by atoms with Gasteiger partial charge >= 0.3 is 5.97 Å². The third-order valence-electron chi connectivity index (χ3n) is 6.27. The number of nitrogens with zero attached hydrogens (tertiary/aromatic N) is 2. The van der Waals surface area contributed by atoms with Crippen LogP contribution in [0.5, 0.6) is 0 Å². The number of nitrogens with one attached hydrogen (secondary N) is 1. The van der Waals surface area contributed by atoms with Crippen molar-refractivity contribution in [1.29, 1.82) is 0 Å². The van der Waals surface area contributed by atoms with E-state index in [0.29, 0.717) is 18.0 Å². The van der Waals surface area contributed by atoms with Crippen LogP contribution < -0.4 is 5.32 Å². The molecule has 32 heavy (non-hydrogen) atoms. The fourth-order valence-corrected chi connectivity index (χ4v) is 5.49. The first-order valence-electron chi connectivity index (χ1n) is 11.6. The van der Waals surface area contributed by atoms with E-state index in [9.17, 15) is 9.59 Å². The van der Waals surface area contributed by atoms with Crippen LogP contribution in [0.1, 0.15) is 85.4 Å². The number of carboxylic acids is 1. The largest absolute Gasteiger partial charge is 0.481 e. The topological polar surface area (TPSA) is 84.2 Å². The van der Waals surface area contributed by atoms with Gasteiger partial charge in [-0.1, -0.05) is 38.7 Å². The minimum Gasteiger partial charge on any atom is -0.481 e. The summed E-state index contributed by atoms with van der Waals surface area (Å²) in [7, 11) is 0. The zero-order valence-electron chi connectivity index (χ0n) is 18.5. The average molecular weight is 454 g/mol. The predicted octanol–water partition coefficient (Wildman–Crippen LogP) is 5.57. The molecule has 2 N–H and O–H groups in total. The van der Waals surface area contributed by atoms with Crippen molar-refractivity contribution in [2.45, 2.75) is 76.8 Å². The molecule has 1 aromatic carbocycles. The van der Waals surface area contributed by atoms with Crippen LogP contribution in [0, 0.1) is 0 Å². The van der Waals surface area contributed by atoms with Crippen LogP contribution in [0.4, 0.5) is 0 Å². The maximum atomic E-state index is 12.9. The van der Waals surface area contributed by atoms with E-state index in [2.05, 4.69) is 27.4 Å². The summed E-state index contributed by atoms with van der Waals surface area (Å²) in [6.45, 7) is 1.99. The molecule has 0 bridgehead atoms. The first-order valence-corrected chi connectivity index (χ1v) is 12.5. The Labute approximate surface area is 192 Å². The number of benzene rings is 1. The maximum absolute atomic E-state index is 12.9. The Morgan fingerprint density at radius 2 is 2.06 bits per heavy atom. The Morgan fingerprint density at radius 1 is 1.25 bits per heavy atom. The monoisotopic (exact) mass is 453 g/mol. The van der Waals surface area contributed by atoms with Crippen molar-refractivity contribution in [2.75, 3.05) is 0 Å². The van der Waals surface area contributed by atoms with Crippen LogP contribution in [-0.4, -0.2) is 32.6 Å². The zero-order valence-corrected chi connectivity index (χ0v) is 19.4. The molecule has 1 fully saturated rings. The van der Waals surface area contributed by atoms with Gasteiger partial charge in [0.1, 0.15) is 5.82 Å². The number of thiophene rings is 1. The summed E-state index contributed by atoms with van der Waals surface area (Å²) in [5.41, 5.74) is 2.44. The molecule has 4 rings (SSSR count). The number of aliphatic carboxylic acids is 1. The summed E-state index contributed by atoms with van der Waals surface area (Å²) >= 11 is 1.74. The first kappa shape index (κ1) is 22.5. The summed E-state index contributed by atoms with van der Waals surface area (Å²) in [6.07, 6.45) is 8.29. The summed E-state index contributed by atoms with van der Waals surface area (Å²) < 4.78 is 2.40. The van der Waals surface area contributed by atoms with Crippen molar-refractivity contribution >= 4 is 34.2 Å². The van der Waals surface area contributed by atoms with Crippen LogP contribution in [0.3, 0.4) is 0 Å². The van der Waals surface area contributed by atoms with Crippen LogP contribution in [0.15, 0.2) is 35.7 Å². The number of carbonyl (C=O) groups is 2. The van der Waals surface area contributed by atoms with Gasteiger partial charge < -0.3 is 15.0 Å². The Morgan fingerprint density at radius 3 is 2.75 bits per heavy atom. The van der Waals surface area contributed by atoms with E-state index in [1.807, 2.05) is 25.1 Å². The van der Waals surface area contributed by atoms with E-state index in [0.717, 1.165) is 29.7 Å². The number of hydrogen-bond donors (Lipinski definition) is 2. The van der Waals surface area contributed by atoms with Gasteiger partial charge in [-0.05, 0) is 48.9 Å². The highest BCUT2D eigenvalue weighted by molar-refractivity contribution is 7.09. The first-order chi connectivity index (χ1) is 15.5. The third-order valence-corrected chi connectivity index (χ3v) is 7.15. The van der Waals surface area contributed by atoms with Gasteiger partial charge in [-0.25, -0.2) is 4.98 Å². The summed E-state index contributed by atoms with van der Waals surface area (Å²) in [4.78, 5) is 30.3. The fourth-order valence-electron chi connectivity index (χ4n) is 4.78. The molecule has 2 aromatic heterocycles. The molecule has 1 amide bonds. The number of fused-ring (bicyclic) bond motifs is 1. The SMILES string of the molecule is CCCC(CC(=O)O)NC(=O)c1ccc2c(c1)nc(Cc1cccs1)n2C1CCCCC1. The predicted molar refractivity (Wildman–Crippen MR) is 127 cm³/mol. The fraction of sp³-hybridized carbons (Fsp3) is 0.480. The smallest absolute Gasteiger partial charge is 0.305 e. The van der Waals surface area contributed by atoms with Crippen LogP contribution in [0.25, 0.3) is 11.0 Å². The maximum Gasteiger partial charge on any atom is 0.305 e. The molecule has 6 nitrogen and oxygen atoms in total. The van der Waals surface area contributed by atoms with Crippen molar-refractivity contribution in [3.05, 3.63) is 52.0 Å². The number of aromatic nitrogens is 2. The third kappa shape index (κ3) is 5.21. The van der Waals surface area contributed by atoms with Crippen LogP contribution >= 0.6 is 11.3 Å². The summed E-state index contributed by atoms with van der Waals surface area (Å²) in [5.74, 6) is -0.0797. The number of amides is 1. The number of carboxylic acid groups (broad SMARTS) is 1. The number of hydrogen-bond acceptors (Lipinski definition) is 4. The molecule has 0 saturated heterocycles. The Kier molecular flexibility index (Phi) is 7.25. The molecule has 170 valence electrons.